The van der Waals surface area contributed by atoms with Crippen LogP contribution in [0.3, 0.4) is 0 Å². The Morgan fingerprint density at radius 3 is 2.41 bits per heavy atom. The highest BCUT2D eigenvalue weighted by molar-refractivity contribution is 9.11. The van der Waals surface area contributed by atoms with E-state index in [1.165, 1.54) is 6.08 Å². The number of nitrogens with one attached hydrogen (secondary N) is 1. The van der Waals surface area contributed by atoms with E-state index in [2.05, 4.69) is 37.2 Å². The minimum Gasteiger partial charge on any atom is -0.494 e. The third-order valence-electron chi connectivity index (χ3n) is 3.41. The number of halogens is 2. The summed E-state index contributed by atoms with van der Waals surface area (Å²) < 4.78 is 12.5. The van der Waals surface area contributed by atoms with Crippen molar-refractivity contribution < 1.29 is 14.3 Å². The van der Waals surface area contributed by atoms with Gasteiger partial charge in [-0.25, -0.2) is 0 Å². The highest BCUT2D eigenvalue weighted by atomic mass is 79.9. The zero-order chi connectivity index (χ0) is 19.8. The van der Waals surface area contributed by atoms with E-state index in [1.54, 1.807) is 30.3 Å². The third-order valence-corrected chi connectivity index (χ3v) is 4.46. The summed E-state index contributed by atoms with van der Waals surface area (Å²) in [4.78, 5) is 12.5. The molecule has 2 aromatic rings. The van der Waals surface area contributed by atoms with Gasteiger partial charge < -0.3 is 14.8 Å². The molecule has 7 heteroatoms. The number of hydrogen-bond donors (Lipinski definition) is 1. The Balaban J connectivity index is 2.28. The van der Waals surface area contributed by atoms with E-state index in [0.29, 0.717) is 36.0 Å². The summed E-state index contributed by atoms with van der Waals surface area (Å²) >= 11 is 6.85. The lowest BCUT2D eigenvalue weighted by molar-refractivity contribution is -0.112. The van der Waals surface area contributed by atoms with Crippen molar-refractivity contribution in [1.82, 2.24) is 0 Å². The van der Waals surface area contributed by atoms with Crippen LogP contribution >= 0.6 is 31.9 Å². The van der Waals surface area contributed by atoms with Crippen molar-refractivity contribution in [3.05, 3.63) is 56.5 Å². The number of nitriles is 1. The second kappa shape index (κ2) is 10.1. The molecule has 0 bridgehead atoms. The monoisotopic (exact) mass is 492 g/mol. The topological polar surface area (TPSA) is 71.3 Å². The van der Waals surface area contributed by atoms with Crippen molar-refractivity contribution in [1.29, 1.82) is 5.26 Å². The standard InChI is InChI=1S/C20H18Br2N2O3/c1-3-26-17-7-5-16(6-8-17)24-20(25)14(12-23)9-13-10-15(21)11-18(22)19(13)27-4-2/h5-11H,3-4H2,1-2H3,(H,24,25)/b14-9+. The number of rotatable bonds is 7. The normalized spacial score (nSPS) is 10.9. The smallest absolute Gasteiger partial charge is 0.266 e. The molecule has 140 valence electrons. The van der Waals surface area contributed by atoms with Gasteiger partial charge in [0.2, 0.25) is 0 Å². The number of nitrogens with zero attached hydrogens (tertiary/aromatic N) is 1. The molecule has 0 atom stereocenters. The Morgan fingerprint density at radius 2 is 1.81 bits per heavy atom. The highest BCUT2D eigenvalue weighted by Gasteiger charge is 2.14. The minimum absolute atomic E-state index is 0.0326. The Hall–Kier alpha value is -2.30. The van der Waals surface area contributed by atoms with Crippen LogP contribution in [0.15, 0.2) is 50.9 Å². The molecule has 0 spiro atoms. The summed E-state index contributed by atoms with van der Waals surface area (Å²) in [5.74, 6) is 0.786. The molecule has 0 aliphatic heterocycles. The molecule has 2 rings (SSSR count). The largest absolute Gasteiger partial charge is 0.494 e. The van der Waals surface area contributed by atoms with Gasteiger partial charge in [0.05, 0.1) is 17.7 Å². The zero-order valence-electron chi connectivity index (χ0n) is 14.9. The third kappa shape index (κ3) is 5.84. The lowest BCUT2D eigenvalue weighted by Crippen LogP contribution is -2.13. The van der Waals surface area contributed by atoms with Crippen LogP contribution in [0.25, 0.3) is 6.08 Å². The van der Waals surface area contributed by atoms with Crippen molar-refractivity contribution >= 4 is 49.5 Å². The second-order valence-corrected chi connectivity index (χ2v) is 7.09. The van der Waals surface area contributed by atoms with E-state index in [-0.39, 0.29) is 5.57 Å². The molecule has 0 aromatic heterocycles. The summed E-state index contributed by atoms with van der Waals surface area (Å²) in [6, 6.07) is 12.5. The predicted octanol–water partition coefficient (Wildman–Crippen LogP) is 5.55. The molecule has 0 saturated carbocycles. The van der Waals surface area contributed by atoms with E-state index < -0.39 is 5.91 Å². The SMILES string of the molecule is CCOc1ccc(NC(=O)/C(C#N)=C/c2cc(Br)cc(Br)c2OCC)cc1. The molecule has 27 heavy (non-hydrogen) atoms. The maximum Gasteiger partial charge on any atom is 0.266 e. The van der Waals surface area contributed by atoms with Crippen LogP contribution in [0.1, 0.15) is 19.4 Å². The van der Waals surface area contributed by atoms with E-state index in [9.17, 15) is 10.1 Å². The Labute approximate surface area is 175 Å². The van der Waals surface area contributed by atoms with Crippen LogP contribution in [0.2, 0.25) is 0 Å². The van der Waals surface area contributed by atoms with Gasteiger partial charge in [-0.3, -0.25) is 4.79 Å². The molecule has 0 radical (unpaired) electrons. The molecule has 2 aromatic carbocycles. The van der Waals surface area contributed by atoms with Gasteiger partial charge in [0.1, 0.15) is 23.1 Å². The van der Waals surface area contributed by atoms with E-state index in [1.807, 2.05) is 26.0 Å². The average Bonchev–Trinajstić information content (AvgIpc) is 2.64. The maximum atomic E-state index is 12.5. The lowest BCUT2D eigenvalue weighted by Gasteiger charge is -2.11. The number of anilines is 1. The molecule has 0 saturated heterocycles. The van der Waals surface area contributed by atoms with Crippen LogP contribution in [0, 0.1) is 11.3 Å². The van der Waals surface area contributed by atoms with Crippen LogP contribution in [0.5, 0.6) is 11.5 Å². The van der Waals surface area contributed by atoms with Gasteiger partial charge >= 0.3 is 0 Å². The first kappa shape index (κ1) is 21.0. The summed E-state index contributed by atoms with van der Waals surface area (Å²) in [5.41, 5.74) is 1.16. The Kier molecular flexibility index (Phi) is 7.89. The highest BCUT2D eigenvalue weighted by Crippen LogP contribution is 2.34. The average molecular weight is 494 g/mol. The molecular weight excluding hydrogens is 476 g/mol. The van der Waals surface area contributed by atoms with Crippen LogP contribution in [0.4, 0.5) is 5.69 Å². The fourth-order valence-electron chi connectivity index (χ4n) is 2.29. The first-order valence-electron chi connectivity index (χ1n) is 8.26. The Morgan fingerprint density at radius 1 is 1.15 bits per heavy atom. The van der Waals surface area contributed by atoms with Crippen molar-refractivity contribution in [3.63, 3.8) is 0 Å². The van der Waals surface area contributed by atoms with Gasteiger partial charge in [-0.05, 0) is 72.3 Å². The van der Waals surface area contributed by atoms with Gasteiger partial charge in [-0.15, -0.1) is 0 Å². The van der Waals surface area contributed by atoms with Crippen molar-refractivity contribution in [3.8, 4) is 17.6 Å². The number of hydrogen-bond acceptors (Lipinski definition) is 4. The predicted molar refractivity (Wildman–Crippen MR) is 113 cm³/mol. The number of benzene rings is 2. The molecule has 0 unspecified atom stereocenters. The van der Waals surface area contributed by atoms with Gasteiger partial charge in [0.15, 0.2) is 0 Å². The number of ether oxygens (including phenoxy) is 2. The zero-order valence-corrected chi connectivity index (χ0v) is 18.1. The fourth-order valence-corrected chi connectivity index (χ4v) is 3.66. The summed E-state index contributed by atoms with van der Waals surface area (Å²) in [6.45, 7) is 4.79. The van der Waals surface area contributed by atoms with Crippen LogP contribution in [-0.2, 0) is 4.79 Å². The van der Waals surface area contributed by atoms with Crippen molar-refractivity contribution in [2.24, 2.45) is 0 Å². The lowest BCUT2D eigenvalue weighted by atomic mass is 10.1. The summed E-state index contributed by atoms with van der Waals surface area (Å²) in [7, 11) is 0. The van der Waals surface area contributed by atoms with Gasteiger partial charge in [-0.2, -0.15) is 5.26 Å². The van der Waals surface area contributed by atoms with E-state index in [4.69, 9.17) is 9.47 Å². The first-order chi connectivity index (χ1) is 13.0. The molecule has 1 N–H and O–H groups in total. The minimum atomic E-state index is -0.500. The van der Waals surface area contributed by atoms with E-state index in [0.717, 1.165) is 8.95 Å². The first-order valence-corrected chi connectivity index (χ1v) is 9.84. The summed E-state index contributed by atoms with van der Waals surface area (Å²) in [6.07, 6.45) is 1.50. The van der Waals surface area contributed by atoms with Crippen LogP contribution < -0.4 is 14.8 Å². The van der Waals surface area contributed by atoms with Gasteiger partial charge in [-0.1, -0.05) is 15.9 Å². The number of amides is 1. The molecule has 0 heterocycles. The fraction of sp³-hybridized carbons (Fsp3) is 0.200. The van der Waals surface area contributed by atoms with Gasteiger partial charge in [0, 0.05) is 15.7 Å². The molecule has 0 fully saturated rings. The van der Waals surface area contributed by atoms with Gasteiger partial charge in [0.25, 0.3) is 5.91 Å². The van der Waals surface area contributed by atoms with Crippen molar-refractivity contribution in [2.75, 3.05) is 18.5 Å². The van der Waals surface area contributed by atoms with Crippen molar-refractivity contribution in [2.45, 2.75) is 13.8 Å². The second-order valence-electron chi connectivity index (χ2n) is 5.32. The van der Waals surface area contributed by atoms with E-state index >= 15 is 0 Å². The van der Waals surface area contributed by atoms with Crippen LogP contribution in [-0.4, -0.2) is 19.1 Å². The maximum absolute atomic E-state index is 12.5. The summed E-state index contributed by atoms with van der Waals surface area (Å²) in [5, 5.41) is 12.2. The quantitative estimate of drug-likeness (QED) is 0.405. The Bertz CT molecular complexity index is 887. The number of carbonyl (C=O) groups is 1. The molecule has 0 aliphatic rings. The molecule has 1 amide bonds. The molecule has 5 nitrogen and oxygen atoms in total. The number of carbonyl (C=O) groups excluding carboxylic acids is 1. The molecular formula is C20H18Br2N2O3. The molecule has 0 aliphatic carbocycles.